The van der Waals surface area contributed by atoms with Gasteiger partial charge in [-0.2, -0.15) is 0 Å². The minimum atomic E-state index is -0.0950. The van der Waals surface area contributed by atoms with Gasteiger partial charge in [0, 0.05) is 0 Å². The van der Waals surface area contributed by atoms with Crippen molar-refractivity contribution in [1.82, 2.24) is 5.32 Å². The first-order valence-electron chi connectivity index (χ1n) is 2.42. The Morgan fingerprint density at radius 3 is 2.50 bits per heavy atom. The Kier molecular flexibility index (Phi) is 3.03. The summed E-state index contributed by atoms with van der Waals surface area (Å²) < 4.78 is 4.68. The predicted molar refractivity (Wildman–Crippen MR) is 32.9 cm³/mol. The lowest BCUT2D eigenvalue weighted by atomic mass is 10.6. The summed E-state index contributed by atoms with van der Waals surface area (Å²) in [7, 11) is 1.54. The van der Waals surface area contributed by atoms with E-state index in [0.29, 0.717) is 5.88 Å². The Balaban J connectivity index is 3.25. The number of hydrogen-bond acceptors (Lipinski definition) is 3. The smallest absolute Gasteiger partial charge is 0.180 e. The molecule has 3 nitrogen and oxygen atoms in total. The summed E-state index contributed by atoms with van der Waals surface area (Å²) in [5.74, 6) is 0.500. The summed E-state index contributed by atoms with van der Waals surface area (Å²) in [6.07, 6.45) is -0.0950. The average Bonchev–Trinajstić information content (AvgIpc) is 1.65. The van der Waals surface area contributed by atoms with Crippen molar-refractivity contribution in [2.24, 2.45) is 5.73 Å². The first kappa shape index (κ1) is 7.30. The lowest BCUT2D eigenvalue weighted by Gasteiger charge is -2.09. The van der Waals surface area contributed by atoms with Crippen LogP contribution in [0, 0.1) is 0 Å². The van der Waals surface area contributed by atoms with Crippen LogP contribution in [0.25, 0.3) is 0 Å². The van der Waals surface area contributed by atoms with Gasteiger partial charge in [0.2, 0.25) is 0 Å². The van der Waals surface area contributed by atoms with Crippen LogP contribution < -0.4 is 11.1 Å². The Bertz CT molecular complexity index is 80.5. The molecular weight excluding hydrogens is 104 g/mol. The molecule has 1 atom stereocenters. The van der Waals surface area contributed by atoms with Crippen LogP contribution in [0.15, 0.2) is 12.5 Å². The van der Waals surface area contributed by atoms with Crippen molar-refractivity contribution in [3.05, 3.63) is 12.5 Å². The molecule has 8 heavy (non-hydrogen) atoms. The van der Waals surface area contributed by atoms with Crippen molar-refractivity contribution in [3.63, 3.8) is 0 Å². The summed E-state index contributed by atoms with van der Waals surface area (Å²) in [6.45, 7) is 5.31. The lowest BCUT2D eigenvalue weighted by Crippen LogP contribution is -2.33. The van der Waals surface area contributed by atoms with E-state index < -0.39 is 0 Å². The van der Waals surface area contributed by atoms with Gasteiger partial charge in [0.25, 0.3) is 0 Å². The Morgan fingerprint density at radius 2 is 2.38 bits per heavy atom. The number of rotatable bonds is 3. The molecule has 48 valence electrons. The van der Waals surface area contributed by atoms with Crippen molar-refractivity contribution in [2.75, 3.05) is 7.11 Å². The highest BCUT2D eigenvalue weighted by atomic mass is 16.5. The maximum absolute atomic E-state index is 5.32. The van der Waals surface area contributed by atoms with Crippen LogP contribution in [-0.2, 0) is 4.74 Å². The fourth-order valence-corrected chi connectivity index (χ4v) is 0.313. The number of nitrogens with two attached hydrogens (primary N) is 1. The van der Waals surface area contributed by atoms with Gasteiger partial charge < -0.3 is 15.8 Å². The molecule has 0 radical (unpaired) electrons. The molecule has 0 bridgehead atoms. The molecular formula is C5H12N2O. The zero-order valence-electron chi connectivity index (χ0n) is 5.27. The summed E-state index contributed by atoms with van der Waals surface area (Å²) in [5.41, 5.74) is 5.32. The largest absolute Gasteiger partial charge is 0.483 e. The molecule has 0 aromatic rings. The second kappa shape index (κ2) is 3.32. The quantitative estimate of drug-likeness (QED) is 0.403. The van der Waals surface area contributed by atoms with Crippen LogP contribution in [-0.4, -0.2) is 13.3 Å². The second-order valence-corrected chi connectivity index (χ2v) is 1.56. The molecule has 1 unspecified atom stereocenters. The van der Waals surface area contributed by atoms with Crippen LogP contribution in [0.1, 0.15) is 6.92 Å². The minimum absolute atomic E-state index is 0.0950. The second-order valence-electron chi connectivity index (χ2n) is 1.56. The topological polar surface area (TPSA) is 47.3 Å². The van der Waals surface area contributed by atoms with E-state index in [9.17, 15) is 0 Å². The molecule has 0 aliphatic heterocycles. The average molecular weight is 116 g/mol. The lowest BCUT2D eigenvalue weighted by molar-refractivity contribution is 0.254. The zero-order chi connectivity index (χ0) is 6.57. The number of nitrogens with one attached hydrogen (secondary N) is 1. The van der Waals surface area contributed by atoms with Crippen LogP contribution in [0.4, 0.5) is 0 Å². The molecule has 3 heteroatoms. The van der Waals surface area contributed by atoms with Crippen LogP contribution >= 0.6 is 0 Å². The van der Waals surface area contributed by atoms with Gasteiger partial charge in [-0.25, -0.2) is 0 Å². The van der Waals surface area contributed by atoms with Crippen molar-refractivity contribution in [2.45, 2.75) is 13.1 Å². The standard InChI is InChI=1S/C5H12N2O/c1-4(6)7-5(2)8-3/h4,7H,2,6H2,1,3H3. The van der Waals surface area contributed by atoms with Gasteiger partial charge >= 0.3 is 0 Å². The summed E-state index contributed by atoms with van der Waals surface area (Å²) in [5, 5.41) is 2.75. The number of hydrogen-bond donors (Lipinski definition) is 2. The van der Waals surface area contributed by atoms with Crippen LogP contribution in [0.2, 0.25) is 0 Å². The van der Waals surface area contributed by atoms with E-state index in [4.69, 9.17) is 5.73 Å². The molecule has 0 saturated heterocycles. The molecule has 3 N–H and O–H groups in total. The Labute approximate surface area is 49.5 Å². The third kappa shape index (κ3) is 3.49. The van der Waals surface area contributed by atoms with Crippen molar-refractivity contribution >= 4 is 0 Å². The Morgan fingerprint density at radius 1 is 1.88 bits per heavy atom. The number of ether oxygens (including phenoxy) is 1. The van der Waals surface area contributed by atoms with E-state index in [1.807, 2.05) is 6.92 Å². The minimum Gasteiger partial charge on any atom is -0.483 e. The van der Waals surface area contributed by atoms with Gasteiger partial charge in [-0.15, -0.1) is 0 Å². The molecule has 0 fully saturated rings. The van der Waals surface area contributed by atoms with E-state index in [1.165, 1.54) is 7.11 Å². The molecule has 0 rings (SSSR count). The summed E-state index contributed by atoms with van der Waals surface area (Å²) in [4.78, 5) is 0. The predicted octanol–water partition coefficient (Wildman–Crippen LogP) is -0.00170. The maximum atomic E-state index is 5.32. The fourth-order valence-electron chi connectivity index (χ4n) is 0.313. The molecule has 0 aliphatic rings. The van der Waals surface area contributed by atoms with Gasteiger partial charge in [0.1, 0.15) is 0 Å². The first-order valence-corrected chi connectivity index (χ1v) is 2.42. The van der Waals surface area contributed by atoms with Crippen LogP contribution in [0.5, 0.6) is 0 Å². The first-order chi connectivity index (χ1) is 3.66. The molecule has 0 spiro atoms. The van der Waals surface area contributed by atoms with Gasteiger partial charge in [0.15, 0.2) is 5.88 Å². The zero-order valence-corrected chi connectivity index (χ0v) is 5.27. The van der Waals surface area contributed by atoms with Crippen molar-refractivity contribution < 1.29 is 4.74 Å². The van der Waals surface area contributed by atoms with Gasteiger partial charge in [0.05, 0.1) is 13.3 Å². The third-order valence-electron chi connectivity index (χ3n) is 0.635. The highest BCUT2D eigenvalue weighted by molar-refractivity contribution is 4.78. The maximum Gasteiger partial charge on any atom is 0.180 e. The number of methoxy groups -OCH3 is 1. The summed E-state index contributed by atoms with van der Waals surface area (Å²) >= 11 is 0. The SMILES string of the molecule is C=C(NC(C)N)OC. The van der Waals surface area contributed by atoms with E-state index in [1.54, 1.807) is 0 Å². The van der Waals surface area contributed by atoms with Crippen LogP contribution in [0.3, 0.4) is 0 Å². The molecule has 0 aromatic carbocycles. The van der Waals surface area contributed by atoms with Gasteiger partial charge in [-0.1, -0.05) is 0 Å². The summed E-state index contributed by atoms with van der Waals surface area (Å²) in [6, 6.07) is 0. The molecule has 0 amide bonds. The van der Waals surface area contributed by atoms with Crippen molar-refractivity contribution in [1.29, 1.82) is 0 Å². The Hall–Kier alpha value is -0.700. The highest BCUT2D eigenvalue weighted by Crippen LogP contribution is 1.82. The van der Waals surface area contributed by atoms with E-state index in [-0.39, 0.29) is 6.17 Å². The molecule has 0 saturated carbocycles. The van der Waals surface area contributed by atoms with E-state index in [2.05, 4.69) is 16.6 Å². The highest BCUT2D eigenvalue weighted by Gasteiger charge is 1.91. The molecule has 0 heterocycles. The molecule has 0 aliphatic carbocycles. The monoisotopic (exact) mass is 116 g/mol. The van der Waals surface area contributed by atoms with Crippen molar-refractivity contribution in [3.8, 4) is 0 Å². The normalized spacial score (nSPS) is 12.4. The van der Waals surface area contributed by atoms with E-state index >= 15 is 0 Å². The molecule has 0 aromatic heterocycles. The van der Waals surface area contributed by atoms with Gasteiger partial charge in [-0.05, 0) is 13.5 Å². The third-order valence-corrected chi connectivity index (χ3v) is 0.635. The van der Waals surface area contributed by atoms with Gasteiger partial charge in [-0.3, -0.25) is 0 Å². The fraction of sp³-hybridized carbons (Fsp3) is 0.600. The van der Waals surface area contributed by atoms with E-state index in [0.717, 1.165) is 0 Å².